The molecule has 0 atom stereocenters. The Morgan fingerprint density at radius 1 is 1.04 bits per heavy atom. The number of benzene rings is 2. The number of hydrogen-bond donors (Lipinski definition) is 1. The molecule has 4 nitrogen and oxygen atoms in total. The number of alkyl halides is 3. The van der Waals surface area contributed by atoms with Crippen LogP contribution in [0.15, 0.2) is 67.0 Å². The molecule has 0 saturated heterocycles. The monoisotopic (exact) mass is 405 g/mol. The second kappa shape index (κ2) is 7.90. The molecule has 1 N–H and O–H groups in total. The van der Waals surface area contributed by atoms with Gasteiger partial charge in [-0.1, -0.05) is 23.7 Å². The number of hydrogen-bond acceptors (Lipinski definition) is 3. The number of halogens is 4. The molecule has 0 spiro atoms. The van der Waals surface area contributed by atoms with Crippen LogP contribution in [-0.2, 0) is 6.18 Å². The molecule has 0 radical (unpaired) electrons. The zero-order valence-electron chi connectivity index (χ0n) is 14.7. The summed E-state index contributed by atoms with van der Waals surface area (Å²) in [6, 6.07) is 14.3. The van der Waals surface area contributed by atoms with Gasteiger partial charge in [0.05, 0.1) is 17.4 Å². The molecule has 0 aliphatic heterocycles. The van der Waals surface area contributed by atoms with Crippen LogP contribution < -0.4 is 10.2 Å². The second-order valence-corrected chi connectivity index (χ2v) is 6.44. The molecule has 3 aromatic rings. The number of anilines is 3. The zero-order valence-corrected chi connectivity index (χ0v) is 15.4. The maximum absolute atomic E-state index is 12.9. The van der Waals surface area contributed by atoms with E-state index in [4.69, 9.17) is 11.6 Å². The van der Waals surface area contributed by atoms with E-state index in [1.165, 1.54) is 6.20 Å². The van der Waals surface area contributed by atoms with Gasteiger partial charge in [-0.25, -0.2) is 0 Å². The Morgan fingerprint density at radius 2 is 1.79 bits per heavy atom. The molecule has 8 heteroatoms. The van der Waals surface area contributed by atoms with Gasteiger partial charge in [0.2, 0.25) is 0 Å². The van der Waals surface area contributed by atoms with Gasteiger partial charge in [0.15, 0.2) is 0 Å². The molecular formula is C20H15ClF3N3O. The zero-order chi connectivity index (χ0) is 20.3. The first-order valence-corrected chi connectivity index (χ1v) is 8.55. The van der Waals surface area contributed by atoms with Crippen molar-refractivity contribution in [3.8, 4) is 0 Å². The molecule has 0 aliphatic rings. The van der Waals surface area contributed by atoms with Crippen molar-refractivity contribution in [3.63, 3.8) is 0 Å². The summed E-state index contributed by atoms with van der Waals surface area (Å²) in [5.41, 5.74) is 0.919. The Bertz CT molecular complexity index is 1010. The fourth-order valence-electron chi connectivity index (χ4n) is 2.54. The third-order valence-corrected chi connectivity index (χ3v) is 4.25. The van der Waals surface area contributed by atoms with Crippen molar-refractivity contribution in [2.24, 2.45) is 0 Å². The molecule has 0 unspecified atom stereocenters. The van der Waals surface area contributed by atoms with Crippen molar-refractivity contribution in [1.29, 1.82) is 0 Å². The minimum absolute atomic E-state index is 0.271. The maximum Gasteiger partial charge on any atom is 0.417 e. The summed E-state index contributed by atoms with van der Waals surface area (Å²) in [6.45, 7) is 0. The fourth-order valence-corrected chi connectivity index (χ4v) is 2.73. The van der Waals surface area contributed by atoms with Gasteiger partial charge in [0.1, 0.15) is 0 Å². The van der Waals surface area contributed by atoms with Gasteiger partial charge < -0.3 is 10.2 Å². The molecule has 1 amide bonds. The van der Waals surface area contributed by atoms with E-state index in [1.807, 2.05) is 0 Å². The van der Waals surface area contributed by atoms with Crippen LogP contribution in [0.25, 0.3) is 0 Å². The highest BCUT2D eigenvalue weighted by molar-refractivity contribution is 6.31. The maximum atomic E-state index is 12.9. The van der Waals surface area contributed by atoms with E-state index in [9.17, 15) is 18.0 Å². The van der Waals surface area contributed by atoms with Crippen molar-refractivity contribution in [2.75, 3.05) is 17.3 Å². The third kappa shape index (κ3) is 4.61. The van der Waals surface area contributed by atoms with E-state index in [1.54, 1.807) is 60.5 Å². The van der Waals surface area contributed by atoms with Crippen LogP contribution in [0.4, 0.5) is 30.2 Å². The lowest BCUT2D eigenvalue weighted by molar-refractivity contribution is -0.137. The number of aromatic nitrogens is 1. The molecule has 144 valence electrons. The molecule has 3 rings (SSSR count). The molecule has 0 bridgehead atoms. The molecule has 28 heavy (non-hydrogen) atoms. The van der Waals surface area contributed by atoms with Crippen LogP contribution in [0.2, 0.25) is 5.02 Å². The van der Waals surface area contributed by atoms with Crippen LogP contribution in [0.1, 0.15) is 15.9 Å². The summed E-state index contributed by atoms with van der Waals surface area (Å²) >= 11 is 5.90. The van der Waals surface area contributed by atoms with E-state index in [0.29, 0.717) is 22.0 Å². The number of pyridine rings is 1. The summed E-state index contributed by atoms with van der Waals surface area (Å²) in [5.74, 6) is -0.344. The lowest BCUT2D eigenvalue weighted by Crippen LogP contribution is -2.14. The molecule has 0 saturated carbocycles. The quantitative estimate of drug-likeness (QED) is 0.599. The lowest BCUT2D eigenvalue weighted by atomic mass is 10.2. The largest absolute Gasteiger partial charge is 0.417 e. The number of amides is 1. The first-order valence-electron chi connectivity index (χ1n) is 8.17. The Hall–Kier alpha value is -3.06. The van der Waals surface area contributed by atoms with Crippen molar-refractivity contribution >= 4 is 34.6 Å². The first kappa shape index (κ1) is 19.7. The molecular weight excluding hydrogens is 391 g/mol. The van der Waals surface area contributed by atoms with Crippen LogP contribution in [-0.4, -0.2) is 17.9 Å². The summed E-state index contributed by atoms with van der Waals surface area (Å²) < 4.78 is 38.7. The van der Waals surface area contributed by atoms with Crippen LogP contribution >= 0.6 is 11.6 Å². The van der Waals surface area contributed by atoms with E-state index in [0.717, 1.165) is 12.3 Å². The molecule has 2 aromatic carbocycles. The summed E-state index contributed by atoms with van der Waals surface area (Å²) in [4.78, 5) is 17.6. The Balaban J connectivity index is 1.82. The van der Waals surface area contributed by atoms with Crippen molar-refractivity contribution in [2.45, 2.75) is 6.18 Å². The smallest absolute Gasteiger partial charge is 0.343 e. The van der Waals surface area contributed by atoms with Crippen LogP contribution in [0.5, 0.6) is 0 Å². The SMILES string of the molecule is CN(c1cccc(NC(=O)c2cccc(Cl)c2)c1)c1cncc(C(F)(F)F)c1. The predicted octanol–water partition coefficient (Wildman–Crippen LogP) is 5.77. The van der Waals surface area contributed by atoms with Gasteiger partial charge in [-0.2, -0.15) is 13.2 Å². The van der Waals surface area contributed by atoms with Crippen LogP contribution in [0.3, 0.4) is 0 Å². The highest BCUT2D eigenvalue weighted by Gasteiger charge is 2.31. The minimum Gasteiger partial charge on any atom is -0.343 e. The van der Waals surface area contributed by atoms with Gasteiger partial charge in [-0.05, 0) is 42.5 Å². The number of rotatable bonds is 4. The summed E-state index contributed by atoms with van der Waals surface area (Å²) in [5, 5.41) is 3.19. The average molecular weight is 406 g/mol. The number of nitrogens with zero attached hydrogens (tertiary/aromatic N) is 2. The lowest BCUT2D eigenvalue weighted by Gasteiger charge is -2.21. The Kier molecular flexibility index (Phi) is 5.56. The topological polar surface area (TPSA) is 45.2 Å². The molecule has 1 aromatic heterocycles. The normalized spacial score (nSPS) is 11.2. The van der Waals surface area contributed by atoms with Gasteiger partial charge in [-0.3, -0.25) is 9.78 Å². The van der Waals surface area contributed by atoms with Gasteiger partial charge >= 0.3 is 6.18 Å². The molecule has 0 aliphatic carbocycles. The van der Waals surface area contributed by atoms with Gasteiger partial charge in [-0.15, -0.1) is 0 Å². The van der Waals surface area contributed by atoms with E-state index < -0.39 is 11.7 Å². The highest BCUT2D eigenvalue weighted by Crippen LogP contribution is 2.33. The van der Waals surface area contributed by atoms with E-state index in [2.05, 4.69) is 10.3 Å². The van der Waals surface area contributed by atoms with Crippen molar-refractivity contribution in [1.82, 2.24) is 4.98 Å². The Morgan fingerprint density at radius 3 is 2.50 bits per heavy atom. The fraction of sp³-hybridized carbons (Fsp3) is 0.100. The average Bonchev–Trinajstić information content (AvgIpc) is 2.67. The van der Waals surface area contributed by atoms with Crippen LogP contribution in [0, 0.1) is 0 Å². The minimum atomic E-state index is -4.48. The number of nitrogens with one attached hydrogen (secondary N) is 1. The number of carbonyl (C=O) groups is 1. The predicted molar refractivity (Wildman–Crippen MR) is 103 cm³/mol. The van der Waals surface area contributed by atoms with Gasteiger partial charge in [0.25, 0.3) is 5.91 Å². The summed E-state index contributed by atoms with van der Waals surface area (Å²) in [6.07, 6.45) is -2.36. The van der Waals surface area contributed by atoms with Crippen molar-refractivity contribution < 1.29 is 18.0 Å². The highest BCUT2D eigenvalue weighted by atomic mass is 35.5. The third-order valence-electron chi connectivity index (χ3n) is 4.02. The van der Waals surface area contributed by atoms with E-state index in [-0.39, 0.29) is 11.6 Å². The second-order valence-electron chi connectivity index (χ2n) is 6.00. The molecule has 1 heterocycles. The van der Waals surface area contributed by atoms with E-state index >= 15 is 0 Å². The van der Waals surface area contributed by atoms with Crippen molar-refractivity contribution in [3.05, 3.63) is 83.1 Å². The number of carbonyl (C=O) groups excluding carboxylic acids is 1. The Labute approximate surface area is 164 Å². The standard InChI is InChI=1S/C20H15ClF3N3O/c1-27(18-9-14(11-25-12-18)20(22,23)24)17-7-3-6-16(10-17)26-19(28)13-4-2-5-15(21)8-13/h2-12H,1H3,(H,26,28). The molecule has 0 fully saturated rings. The summed E-state index contributed by atoms with van der Waals surface area (Å²) in [7, 11) is 1.62. The van der Waals surface area contributed by atoms with Gasteiger partial charge in [0, 0.05) is 35.2 Å². The first-order chi connectivity index (χ1) is 13.2.